The van der Waals surface area contributed by atoms with Crippen LogP contribution >= 0.6 is 0 Å². The fraction of sp³-hybridized carbons (Fsp3) is 0.310. The molecular weight excluding hydrogens is 454 g/mol. The predicted molar refractivity (Wildman–Crippen MR) is 141 cm³/mol. The maximum absolute atomic E-state index is 12.9. The van der Waals surface area contributed by atoms with Crippen molar-refractivity contribution < 1.29 is 19.1 Å². The molecule has 0 saturated carbocycles. The molecule has 4 rings (SSSR count). The molecule has 2 amide bonds. The summed E-state index contributed by atoms with van der Waals surface area (Å²) in [6.45, 7) is 3.77. The molecule has 0 radical (unpaired) electrons. The van der Waals surface area contributed by atoms with Crippen molar-refractivity contribution in [1.82, 2.24) is 4.90 Å². The Morgan fingerprint density at radius 3 is 2.28 bits per heavy atom. The summed E-state index contributed by atoms with van der Waals surface area (Å²) >= 11 is 0. The summed E-state index contributed by atoms with van der Waals surface area (Å²) in [7, 11) is 1.59. The maximum Gasteiger partial charge on any atom is 0.241 e. The highest BCUT2D eigenvalue weighted by Crippen LogP contribution is 2.26. The topological polar surface area (TPSA) is 79.9 Å². The van der Waals surface area contributed by atoms with E-state index in [9.17, 15) is 9.59 Å². The van der Waals surface area contributed by atoms with E-state index >= 15 is 0 Å². The van der Waals surface area contributed by atoms with Crippen LogP contribution in [0.2, 0.25) is 0 Å². The van der Waals surface area contributed by atoms with Gasteiger partial charge in [-0.1, -0.05) is 42.5 Å². The standard InChI is InChI=1S/C29H33N3O4/c1-21(28(33)30-24-12-14-25(15-13-24)36-20-22-8-4-3-5-9-22)32-18-16-23(17-19-32)29(34)31-26-10-6-7-11-27(26)35-2/h3-15,21,23H,16-20H2,1-2H3,(H,30,33)(H,31,34). The van der Waals surface area contributed by atoms with Crippen LogP contribution in [-0.2, 0) is 16.2 Å². The summed E-state index contributed by atoms with van der Waals surface area (Å²) in [5.74, 6) is 1.23. The Balaban J connectivity index is 1.23. The van der Waals surface area contributed by atoms with Gasteiger partial charge >= 0.3 is 0 Å². The van der Waals surface area contributed by atoms with Crippen LogP contribution in [0, 0.1) is 5.92 Å². The van der Waals surface area contributed by atoms with E-state index in [0.717, 1.165) is 17.0 Å². The fourth-order valence-electron chi connectivity index (χ4n) is 4.32. The number of benzene rings is 3. The number of ether oxygens (including phenoxy) is 2. The second-order valence-corrected chi connectivity index (χ2v) is 8.96. The number of nitrogens with zero attached hydrogens (tertiary/aromatic N) is 1. The van der Waals surface area contributed by atoms with Gasteiger partial charge in [0.15, 0.2) is 0 Å². The number of hydrogen-bond acceptors (Lipinski definition) is 5. The van der Waals surface area contributed by atoms with Crippen molar-refractivity contribution in [1.29, 1.82) is 0 Å². The van der Waals surface area contributed by atoms with Crippen molar-refractivity contribution >= 4 is 23.2 Å². The SMILES string of the molecule is COc1ccccc1NC(=O)C1CCN(C(C)C(=O)Nc2ccc(OCc3ccccc3)cc2)CC1. The van der Waals surface area contributed by atoms with Gasteiger partial charge in [0, 0.05) is 11.6 Å². The second kappa shape index (κ2) is 12.2. The number of rotatable bonds is 9. The lowest BCUT2D eigenvalue weighted by Crippen LogP contribution is -2.47. The Morgan fingerprint density at radius 2 is 1.58 bits per heavy atom. The minimum absolute atomic E-state index is 0.00849. The normalized spacial score (nSPS) is 15.1. The van der Waals surface area contributed by atoms with Crippen LogP contribution in [0.3, 0.4) is 0 Å². The van der Waals surface area contributed by atoms with E-state index in [1.54, 1.807) is 7.11 Å². The molecule has 1 aliphatic rings. The van der Waals surface area contributed by atoms with Crippen molar-refractivity contribution in [3.63, 3.8) is 0 Å². The lowest BCUT2D eigenvalue weighted by atomic mass is 9.94. The van der Waals surface area contributed by atoms with Gasteiger partial charge in [-0.15, -0.1) is 0 Å². The Labute approximate surface area is 212 Å². The van der Waals surface area contributed by atoms with Crippen LogP contribution in [0.25, 0.3) is 0 Å². The van der Waals surface area contributed by atoms with Gasteiger partial charge in [-0.05, 0) is 74.8 Å². The van der Waals surface area contributed by atoms with E-state index in [0.29, 0.717) is 44.0 Å². The number of anilines is 2. The lowest BCUT2D eigenvalue weighted by Gasteiger charge is -2.34. The number of carbonyl (C=O) groups is 2. The summed E-state index contributed by atoms with van der Waals surface area (Å²) in [5, 5.41) is 5.97. The molecule has 0 aromatic heterocycles. The Hall–Kier alpha value is -3.84. The highest BCUT2D eigenvalue weighted by atomic mass is 16.5. The van der Waals surface area contributed by atoms with Crippen LogP contribution in [0.5, 0.6) is 11.5 Å². The fourth-order valence-corrected chi connectivity index (χ4v) is 4.32. The van der Waals surface area contributed by atoms with Gasteiger partial charge in [-0.3, -0.25) is 14.5 Å². The van der Waals surface area contributed by atoms with E-state index in [1.807, 2.05) is 85.8 Å². The smallest absolute Gasteiger partial charge is 0.241 e. The zero-order chi connectivity index (χ0) is 25.3. The summed E-state index contributed by atoms with van der Waals surface area (Å²) in [5.41, 5.74) is 2.51. The largest absolute Gasteiger partial charge is 0.495 e. The van der Waals surface area contributed by atoms with Crippen molar-refractivity contribution in [2.75, 3.05) is 30.8 Å². The zero-order valence-corrected chi connectivity index (χ0v) is 20.8. The number of carbonyl (C=O) groups excluding carboxylic acids is 2. The zero-order valence-electron chi connectivity index (χ0n) is 20.8. The van der Waals surface area contributed by atoms with Crippen molar-refractivity contribution in [3.8, 4) is 11.5 Å². The molecule has 188 valence electrons. The van der Waals surface area contributed by atoms with Crippen LogP contribution in [0.4, 0.5) is 11.4 Å². The first-order valence-corrected chi connectivity index (χ1v) is 12.3. The summed E-state index contributed by atoms with van der Waals surface area (Å²) in [6.07, 6.45) is 1.40. The third-order valence-corrected chi connectivity index (χ3v) is 6.56. The average Bonchev–Trinajstić information content (AvgIpc) is 2.93. The third-order valence-electron chi connectivity index (χ3n) is 6.56. The molecule has 1 atom stereocenters. The molecule has 3 aromatic carbocycles. The summed E-state index contributed by atoms with van der Waals surface area (Å²) in [4.78, 5) is 27.7. The number of likely N-dealkylation sites (tertiary alicyclic amines) is 1. The van der Waals surface area contributed by atoms with E-state index in [1.165, 1.54) is 0 Å². The molecule has 2 N–H and O–H groups in total. The van der Waals surface area contributed by atoms with Crippen LogP contribution in [0.15, 0.2) is 78.9 Å². The van der Waals surface area contributed by atoms with Crippen LogP contribution < -0.4 is 20.1 Å². The number of methoxy groups -OCH3 is 1. The number of nitrogens with one attached hydrogen (secondary N) is 2. The highest BCUT2D eigenvalue weighted by molar-refractivity contribution is 5.95. The van der Waals surface area contributed by atoms with Gasteiger partial charge in [0.25, 0.3) is 0 Å². The number of hydrogen-bond donors (Lipinski definition) is 2. The van der Waals surface area contributed by atoms with Gasteiger partial charge in [0.1, 0.15) is 18.1 Å². The molecule has 0 aliphatic carbocycles. The van der Waals surface area contributed by atoms with Gasteiger partial charge in [0.2, 0.25) is 11.8 Å². The van der Waals surface area contributed by atoms with Crippen molar-refractivity contribution in [2.24, 2.45) is 5.92 Å². The van der Waals surface area contributed by atoms with Gasteiger partial charge in [-0.25, -0.2) is 0 Å². The van der Waals surface area contributed by atoms with Crippen LogP contribution in [-0.4, -0.2) is 43.0 Å². The van der Waals surface area contributed by atoms with Crippen molar-refractivity contribution in [3.05, 3.63) is 84.4 Å². The average molecular weight is 488 g/mol. The molecule has 36 heavy (non-hydrogen) atoms. The van der Waals surface area contributed by atoms with E-state index in [-0.39, 0.29) is 23.8 Å². The van der Waals surface area contributed by atoms with E-state index in [4.69, 9.17) is 9.47 Å². The van der Waals surface area contributed by atoms with Crippen LogP contribution in [0.1, 0.15) is 25.3 Å². The molecule has 1 unspecified atom stereocenters. The first-order valence-electron chi connectivity index (χ1n) is 12.3. The number of para-hydroxylation sites is 2. The molecule has 1 aliphatic heterocycles. The van der Waals surface area contributed by atoms with Crippen molar-refractivity contribution in [2.45, 2.75) is 32.4 Å². The molecule has 1 fully saturated rings. The highest BCUT2D eigenvalue weighted by Gasteiger charge is 2.30. The first kappa shape index (κ1) is 25.3. The number of amides is 2. The quantitative estimate of drug-likeness (QED) is 0.446. The Bertz CT molecular complexity index is 1140. The van der Waals surface area contributed by atoms with Gasteiger partial charge < -0.3 is 20.1 Å². The molecule has 1 saturated heterocycles. The monoisotopic (exact) mass is 487 g/mol. The Kier molecular flexibility index (Phi) is 8.57. The second-order valence-electron chi connectivity index (χ2n) is 8.96. The molecule has 3 aromatic rings. The summed E-state index contributed by atoms with van der Waals surface area (Å²) < 4.78 is 11.1. The van der Waals surface area contributed by atoms with E-state index < -0.39 is 0 Å². The maximum atomic E-state index is 12.9. The first-order chi connectivity index (χ1) is 17.5. The molecule has 7 nitrogen and oxygen atoms in total. The number of piperidine rings is 1. The molecule has 1 heterocycles. The Morgan fingerprint density at radius 1 is 0.917 bits per heavy atom. The molecular formula is C29H33N3O4. The molecule has 7 heteroatoms. The van der Waals surface area contributed by atoms with Gasteiger partial charge in [-0.2, -0.15) is 0 Å². The molecule has 0 spiro atoms. The van der Waals surface area contributed by atoms with E-state index in [2.05, 4.69) is 15.5 Å². The third kappa shape index (κ3) is 6.64. The summed E-state index contributed by atoms with van der Waals surface area (Å²) in [6, 6.07) is 24.5. The predicted octanol–water partition coefficient (Wildman–Crippen LogP) is 4.95. The molecule has 0 bridgehead atoms. The van der Waals surface area contributed by atoms with Gasteiger partial charge in [0.05, 0.1) is 18.8 Å². The minimum Gasteiger partial charge on any atom is -0.495 e. The lowest BCUT2D eigenvalue weighted by molar-refractivity contribution is -0.123. The minimum atomic E-state index is -0.294.